The van der Waals surface area contributed by atoms with E-state index in [4.69, 9.17) is 9.47 Å². The maximum atomic E-state index is 12.2. The van der Waals surface area contributed by atoms with Crippen LogP contribution in [0.4, 0.5) is 0 Å². The van der Waals surface area contributed by atoms with E-state index < -0.39 is 0 Å². The zero-order chi connectivity index (χ0) is 16.7. The van der Waals surface area contributed by atoms with Gasteiger partial charge in [-0.05, 0) is 45.9 Å². The molecule has 0 aliphatic carbocycles. The van der Waals surface area contributed by atoms with Crippen molar-refractivity contribution < 1.29 is 14.3 Å². The van der Waals surface area contributed by atoms with E-state index in [1.165, 1.54) is 0 Å². The van der Waals surface area contributed by atoms with Gasteiger partial charge in [-0.25, -0.2) is 0 Å². The van der Waals surface area contributed by atoms with Gasteiger partial charge in [-0.2, -0.15) is 0 Å². The van der Waals surface area contributed by atoms with Crippen molar-refractivity contribution in [1.29, 1.82) is 0 Å². The first-order valence-electron chi connectivity index (χ1n) is 7.66. The average molecular weight is 308 g/mol. The van der Waals surface area contributed by atoms with Gasteiger partial charge in [0.1, 0.15) is 0 Å². The minimum atomic E-state index is -0.103. The van der Waals surface area contributed by atoms with E-state index in [0.29, 0.717) is 35.7 Å². The van der Waals surface area contributed by atoms with Gasteiger partial charge in [0.25, 0.3) is 5.91 Å². The smallest absolute Gasteiger partial charge is 0.251 e. The molecule has 22 heavy (non-hydrogen) atoms. The zero-order valence-electron chi connectivity index (χ0n) is 14.5. The summed E-state index contributed by atoms with van der Waals surface area (Å²) in [5.41, 5.74) is 0.568. The fraction of sp³-hybridized carbons (Fsp3) is 0.588. The van der Waals surface area contributed by atoms with E-state index in [2.05, 4.69) is 37.9 Å². The highest BCUT2D eigenvalue weighted by atomic mass is 16.5. The van der Waals surface area contributed by atoms with Crippen LogP contribution in [-0.2, 0) is 0 Å². The second-order valence-corrected chi connectivity index (χ2v) is 5.75. The third-order valence-electron chi connectivity index (χ3n) is 3.63. The van der Waals surface area contributed by atoms with Crippen molar-refractivity contribution in [3.05, 3.63) is 23.8 Å². The van der Waals surface area contributed by atoms with Gasteiger partial charge >= 0.3 is 0 Å². The van der Waals surface area contributed by atoms with Crippen molar-refractivity contribution in [2.75, 3.05) is 27.3 Å². The van der Waals surface area contributed by atoms with Crippen LogP contribution in [0.5, 0.6) is 11.5 Å². The number of benzene rings is 1. The molecule has 0 spiro atoms. The molecule has 124 valence electrons. The largest absolute Gasteiger partial charge is 0.493 e. The molecule has 0 aromatic heterocycles. The lowest BCUT2D eigenvalue weighted by Gasteiger charge is -2.30. The Balaban J connectivity index is 2.62. The van der Waals surface area contributed by atoms with Crippen LogP contribution in [0.25, 0.3) is 0 Å². The lowest BCUT2D eigenvalue weighted by Crippen LogP contribution is -2.42. The number of methoxy groups -OCH3 is 2. The van der Waals surface area contributed by atoms with Crippen LogP contribution in [0, 0.1) is 0 Å². The molecule has 5 heteroatoms. The molecular weight excluding hydrogens is 280 g/mol. The molecule has 0 atom stereocenters. The van der Waals surface area contributed by atoms with Crippen molar-refractivity contribution in [2.45, 2.75) is 39.8 Å². The summed E-state index contributed by atoms with van der Waals surface area (Å²) in [4.78, 5) is 14.5. The molecule has 1 rings (SSSR count). The fourth-order valence-corrected chi connectivity index (χ4v) is 2.49. The van der Waals surface area contributed by atoms with Crippen LogP contribution < -0.4 is 14.8 Å². The number of hydrogen-bond donors (Lipinski definition) is 1. The summed E-state index contributed by atoms with van der Waals surface area (Å²) in [5.74, 6) is 1.07. The Morgan fingerprint density at radius 1 is 1.09 bits per heavy atom. The van der Waals surface area contributed by atoms with Gasteiger partial charge in [-0.15, -0.1) is 0 Å². The highest BCUT2D eigenvalue weighted by Crippen LogP contribution is 2.27. The van der Waals surface area contributed by atoms with E-state index in [-0.39, 0.29) is 5.91 Å². The molecule has 0 fully saturated rings. The Morgan fingerprint density at radius 3 is 2.18 bits per heavy atom. The van der Waals surface area contributed by atoms with Gasteiger partial charge in [0.2, 0.25) is 0 Å². The molecule has 1 N–H and O–H groups in total. The second kappa shape index (κ2) is 8.63. The molecule has 0 aliphatic heterocycles. The van der Waals surface area contributed by atoms with E-state index >= 15 is 0 Å². The van der Waals surface area contributed by atoms with Crippen LogP contribution >= 0.6 is 0 Å². The van der Waals surface area contributed by atoms with Gasteiger partial charge in [-0.1, -0.05) is 0 Å². The Kier molecular flexibility index (Phi) is 7.18. The molecule has 0 heterocycles. The van der Waals surface area contributed by atoms with Crippen LogP contribution in [0.2, 0.25) is 0 Å². The molecule has 0 saturated carbocycles. The summed E-state index contributed by atoms with van der Waals surface area (Å²) in [6.07, 6.45) is 0. The number of ether oxygens (including phenoxy) is 2. The number of nitrogens with zero attached hydrogens (tertiary/aromatic N) is 1. The van der Waals surface area contributed by atoms with Gasteiger partial charge in [0, 0.05) is 30.7 Å². The third kappa shape index (κ3) is 4.91. The molecule has 0 unspecified atom stereocenters. The molecule has 0 saturated heterocycles. The van der Waals surface area contributed by atoms with E-state index in [1.807, 2.05) is 0 Å². The van der Waals surface area contributed by atoms with Crippen molar-refractivity contribution in [3.63, 3.8) is 0 Å². The first-order valence-corrected chi connectivity index (χ1v) is 7.66. The first-order chi connectivity index (χ1) is 10.4. The lowest BCUT2D eigenvalue weighted by molar-refractivity contribution is 0.0939. The highest BCUT2D eigenvalue weighted by Gasteiger charge is 2.14. The summed E-state index contributed by atoms with van der Waals surface area (Å²) in [6, 6.07) is 6.08. The number of rotatable bonds is 8. The quantitative estimate of drug-likeness (QED) is 0.802. The number of carbonyl (C=O) groups is 1. The maximum Gasteiger partial charge on any atom is 0.251 e. The molecule has 1 aromatic rings. The van der Waals surface area contributed by atoms with Crippen molar-refractivity contribution in [1.82, 2.24) is 10.2 Å². The second-order valence-electron chi connectivity index (χ2n) is 5.75. The van der Waals surface area contributed by atoms with Gasteiger partial charge in [-0.3, -0.25) is 9.69 Å². The van der Waals surface area contributed by atoms with Crippen LogP contribution in [0.1, 0.15) is 38.1 Å². The summed E-state index contributed by atoms with van der Waals surface area (Å²) >= 11 is 0. The van der Waals surface area contributed by atoms with Crippen molar-refractivity contribution in [2.24, 2.45) is 0 Å². The van der Waals surface area contributed by atoms with Crippen LogP contribution in [0.15, 0.2) is 18.2 Å². The Labute approximate surface area is 133 Å². The summed E-state index contributed by atoms with van der Waals surface area (Å²) in [7, 11) is 3.13. The molecule has 1 aromatic carbocycles. The number of hydrogen-bond acceptors (Lipinski definition) is 4. The van der Waals surface area contributed by atoms with Crippen molar-refractivity contribution >= 4 is 5.91 Å². The van der Waals surface area contributed by atoms with E-state index in [9.17, 15) is 4.79 Å². The zero-order valence-corrected chi connectivity index (χ0v) is 14.5. The van der Waals surface area contributed by atoms with Gasteiger partial charge < -0.3 is 14.8 Å². The number of carbonyl (C=O) groups excluding carboxylic acids is 1. The number of nitrogens with one attached hydrogen (secondary N) is 1. The third-order valence-corrected chi connectivity index (χ3v) is 3.63. The Hall–Kier alpha value is -1.75. The minimum absolute atomic E-state index is 0.103. The minimum Gasteiger partial charge on any atom is -0.493 e. The Bertz CT molecular complexity index is 479. The SMILES string of the molecule is COc1ccc(C(=O)NCCN(C(C)C)C(C)C)cc1OC. The molecule has 0 aliphatic rings. The summed E-state index contributed by atoms with van der Waals surface area (Å²) in [6.45, 7) is 10.1. The fourth-order valence-electron chi connectivity index (χ4n) is 2.49. The number of amides is 1. The monoisotopic (exact) mass is 308 g/mol. The first kappa shape index (κ1) is 18.3. The predicted molar refractivity (Wildman–Crippen MR) is 88.9 cm³/mol. The molecule has 5 nitrogen and oxygen atoms in total. The van der Waals surface area contributed by atoms with Gasteiger partial charge in [0.15, 0.2) is 11.5 Å². The van der Waals surface area contributed by atoms with Crippen LogP contribution in [-0.4, -0.2) is 50.2 Å². The maximum absolute atomic E-state index is 12.2. The topological polar surface area (TPSA) is 50.8 Å². The highest BCUT2D eigenvalue weighted by molar-refractivity contribution is 5.94. The van der Waals surface area contributed by atoms with Gasteiger partial charge in [0.05, 0.1) is 14.2 Å². The van der Waals surface area contributed by atoms with Crippen molar-refractivity contribution in [3.8, 4) is 11.5 Å². The predicted octanol–water partition coefficient (Wildman–Crippen LogP) is 2.55. The van der Waals surface area contributed by atoms with Crippen LogP contribution in [0.3, 0.4) is 0 Å². The summed E-state index contributed by atoms with van der Waals surface area (Å²) in [5, 5.41) is 2.95. The molecular formula is C17H28N2O3. The van der Waals surface area contributed by atoms with E-state index in [1.54, 1.807) is 32.4 Å². The summed E-state index contributed by atoms with van der Waals surface area (Å²) < 4.78 is 10.4. The standard InChI is InChI=1S/C17H28N2O3/c1-12(2)19(13(3)4)10-9-18-17(20)14-7-8-15(21-5)16(11-14)22-6/h7-8,11-13H,9-10H2,1-6H3,(H,18,20). The molecule has 0 radical (unpaired) electrons. The Morgan fingerprint density at radius 2 is 1.68 bits per heavy atom. The van der Waals surface area contributed by atoms with E-state index in [0.717, 1.165) is 6.54 Å². The molecule has 1 amide bonds. The average Bonchev–Trinajstić information content (AvgIpc) is 2.49. The molecule has 0 bridgehead atoms. The lowest BCUT2D eigenvalue weighted by atomic mass is 10.2. The normalized spacial score (nSPS) is 11.1.